The van der Waals surface area contributed by atoms with Crippen LogP contribution in [0.5, 0.6) is 5.06 Å². The van der Waals surface area contributed by atoms with Gasteiger partial charge in [0.1, 0.15) is 0 Å². The Morgan fingerprint density at radius 2 is 2.31 bits per heavy atom. The lowest BCUT2D eigenvalue weighted by molar-refractivity contribution is 0.267. The van der Waals surface area contributed by atoms with Crippen molar-refractivity contribution in [2.24, 2.45) is 11.7 Å². The second-order valence-corrected chi connectivity index (χ2v) is 4.66. The summed E-state index contributed by atoms with van der Waals surface area (Å²) in [6.45, 7) is 0. The van der Waals surface area contributed by atoms with Crippen molar-refractivity contribution < 1.29 is 4.74 Å². The molecule has 0 amide bonds. The van der Waals surface area contributed by atoms with Crippen molar-refractivity contribution in [1.82, 2.24) is 0 Å². The van der Waals surface area contributed by atoms with Crippen LogP contribution in [0, 0.1) is 5.92 Å². The third kappa shape index (κ3) is 1.71. The Kier molecular flexibility index (Phi) is 2.56. The molecule has 2 N–H and O–H groups in total. The summed E-state index contributed by atoms with van der Waals surface area (Å²) in [7, 11) is 1.70. The summed E-state index contributed by atoms with van der Waals surface area (Å²) in [6, 6.07) is 4.33. The molecule has 0 aromatic carbocycles. The Bertz CT molecular complexity index is 280. The van der Waals surface area contributed by atoms with Crippen molar-refractivity contribution in [3.8, 4) is 5.06 Å². The lowest BCUT2D eigenvalue weighted by Gasteiger charge is -2.30. The van der Waals surface area contributed by atoms with Crippen molar-refractivity contribution in [3.63, 3.8) is 0 Å². The highest BCUT2D eigenvalue weighted by atomic mass is 32.1. The zero-order valence-electron chi connectivity index (χ0n) is 7.82. The molecule has 1 unspecified atom stereocenters. The Labute approximate surface area is 82.7 Å². The largest absolute Gasteiger partial charge is 0.487 e. The Hall–Kier alpha value is -0.540. The highest BCUT2D eigenvalue weighted by molar-refractivity contribution is 7.13. The standard InChI is InChI=1S/C10H15NOS/c1-12-9-6-5-8(13-9)10(11)7-3-2-4-7/h5-7,10H,2-4,11H2,1H3. The van der Waals surface area contributed by atoms with Gasteiger partial charge >= 0.3 is 0 Å². The third-order valence-corrected chi connectivity index (χ3v) is 3.94. The highest BCUT2D eigenvalue weighted by Gasteiger charge is 2.26. The summed E-state index contributed by atoms with van der Waals surface area (Å²) in [5.74, 6) is 0.711. The molecule has 3 heteroatoms. The molecule has 1 atom stereocenters. The number of methoxy groups -OCH3 is 1. The van der Waals surface area contributed by atoms with Crippen LogP contribution in [-0.2, 0) is 0 Å². The smallest absolute Gasteiger partial charge is 0.173 e. The minimum Gasteiger partial charge on any atom is -0.487 e. The predicted octanol–water partition coefficient (Wildman–Crippen LogP) is 2.56. The molecule has 2 nitrogen and oxygen atoms in total. The molecule has 0 spiro atoms. The van der Waals surface area contributed by atoms with Crippen molar-refractivity contribution >= 4 is 11.3 Å². The van der Waals surface area contributed by atoms with Crippen molar-refractivity contribution in [1.29, 1.82) is 0 Å². The molecule has 0 radical (unpaired) electrons. The van der Waals surface area contributed by atoms with Crippen molar-refractivity contribution in [2.75, 3.05) is 7.11 Å². The number of hydrogen-bond donors (Lipinski definition) is 1. The zero-order chi connectivity index (χ0) is 9.26. The molecule has 0 aliphatic heterocycles. The Morgan fingerprint density at radius 3 is 2.77 bits per heavy atom. The lowest BCUT2D eigenvalue weighted by Crippen LogP contribution is -2.25. The van der Waals surface area contributed by atoms with Crippen LogP contribution >= 0.6 is 11.3 Å². The van der Waals surface area contributed by atoms with Crippen LogP contribution in [0.1, 0.15) is 30.2 Å². The first-order valence-electron chi connectivity index (χ1n) is 4.70. The average molecular weight is 197 g/mol. The average Bonchev–Trinajstić information content (AvgIpc) is 2.48. The minimum absolute atomic E-state index is 0.239. The fraction of sp³-hybridized carbons (Fsp3) is 0.600. The van der Waals surface area contributed by atoms with E-state index >= 15 is 0 Å². The third-order valence-electron chi connectivity index (χ3n) is 2.79. The van der Waals surface area contributed by atoms with Crippen LogP contribution in [0.25, 0.3) is 0 Å². The van der Waals surface area contributed by atoms with E-state index < -0.39 is 0 Å². The molecule has 1 saturated carbocycles. The molecule has 1 aliphatic carbocycles. The van der Waals surface area contributed by atoms with Gasteiger partial charge in [-0.2, -0.15) is 0 Å². The van der Waals surface area contributed by atoms with Gasteiger partial charge in [-0.3, -0.25) is 0 Å². The number of rotatable bonds is 3. The SMILES string of the molecule is COc1ccc(C(N)C2CCC2)s1. The topological polar surface area (TPSA) is 35.2 Å². The van der Waals surface area contributed by atoms with Gasteiger partial charge in [-0.05, 0) is 30.9 Å². The van der Waals surface area contributed by atoms with E-state index in [1.807, 2.05) is 6.07 Å². The van der Waals surface area contributed by atoms with Gasteiger partial charge < -0.3 is 10.5 Å². The van der Waals surface area contributed by atoms with E-state index in [-0.39, 0.29) is 6.04 Å². The van der Waals surface area contributed by atoms with Crippen molar-refractivity contribution in [2.45, 2.75) is 25.3 Å². The van der Waals surface area contributed by atoms with Gasteiger partial charge in [-0.25, -0.2) is 0 Å². The molecular weight excluding hydrogens is 182 g/mol. The molecule has 1 aliphatic rings. The molecular formula is C10H15NOS. The van der Waals surface area contributed by atoms with Gasteiger partial charge in [0.2, 0.25) is 0 Å². The van der Waals surface area contributed by atoms with Crippen LogP contribution < -0.4 is 10.5 Å². The summed E-state index contributed by atoms with van der Waals surface area (Å²) < 4.78 is 5.14. The first-order chi connectivity index (χ1) is 6.31. The maximum absolute atomic E-state index is 6.12. The van der Waals surface area contributed by atoms with E-state index in [2.05, 4.69) is 6.07 Å². The molecule has 72 valence electrons. The molecule has 1 fully saturated rings. The van der Waals surface area contributed by atoms with Gasteiger partial charge in [0.15, 0.2) is 5.06 Å². The van der Waals surface area contributed by atoms with Crippen molar-refractivity contribution in [3.05, 3.63) is 17.0 Å². The highest BCUT2D eigenvalue weighted by Crippen LogP contribution is 2.39. The maximum Gasteiger partial charge on any atom is 0.173 e. The summed E-state index contributed by atoms with van der Waals surface area (Å²) in [4.78, 5) is 1.27. The van der Waals surface area contributed by atoms with Crippen LogP contribution in [0.2, 0.25) is 0 Å². The van der Waals surface area contributed by atoms with Crippen LogP contribution in [0.15, 0.2) is 12.1 Å². The summed E-state index contributed by atoms with van der Waals surface area (Å²) in [6.07, 6.45) is 3.93. The molecule has 2 rings (SSSR count). The van der Waals surface area contributed by atoms with E-state index in [4.69, 9.17) is 10.5 Å². The second-order valence-electron chi connectivity index (χ2n) is 3.58. The Balaban J connectivity index is 2.05. The molecule has 1 aromatic heterocycles. The van der Waals surface area contributed by atoms with Gasteiger partial charge in [-0.1, -0.05) is 6.42 Å². The monoisotopic (exact) mass is 197 g/mol. The number of hydrogen-bond acceptors (Lipinski definition) is 3. The predicted molar refractivity (Wildman–Crippen MR) is 55.1 cm³/mol. The van der Waals surface area contributed by atoms with Crippen LogP contribution in [0.4, 0.5) is 0 Å². The summed E-state index contributed by atoms with van der Waals surface area (Å²) in [5.41, 5.74) is 6.12. The maximum atomic E-state index is 6.12. The van der Waals surface area contributed by atoms with E-state index in [1.165, 1.54) is 24.1 Å². The van der Waals surface area contributed by atoms with E-state index in [9.17, 15) is 0 Å². The lowest BCUT2D eigenvalue weighted by atomic mass is 9.79. The quantitative estimate of drug-likeness (QED) is 0.808. The molecule has 1 aromatic rings. The van der Waals surface area contributed by atoms with Crippen LogP contribution in [-0.4, -0.2) is 7.11 Å². The van der Waals surface area contributed by atoms with E-state index in [1.54, 1.807) is 18.4 Å². The van der Waals surface area contributed by atoms with E-state index in [0.717, 1.165) is 5.06 Å². The number of ether oxygens (including phenoxy) is 1. The number of nitrogens with two attached hydrogens (primary N) is 1. The molecule has 0 bridgehead atoms. The summed E-state index contributed by atoms with van der Waals surface area (Å²) >= 11 is 1.67. The molecule has 0 saturated heterocycles. The van der Waals surface area contributed by atoms with Gasteiger partial charge in [0, 0.05) is 10.9 Å². The van der Waals surface area contributed by atoms with E-state index in [0.29, 0.717) is 5.92 Å². The minimum atomic E-state index is 0.239. The normalized spacial score (nSPS) is 19.5. The number of thiophene rings is 1. The van der Waals surface area contributed by atoms with Gasteiger partial charge in [-0.15, -0.1) is 11.3 Å². The fourth-order valence-electron chi connectivity index (χ4n) is 1.65. The molecule has 1 heterocycles. The van der Waals surface area contributed by atoms with Gasteiger partial charge in [0.25, 0.3) is 0 Å². The molecule has 13 heavy (non-hydrogen) atoms. The summed E-state index contributed by atoms with van der Waals surface area (Å²) in [5, 5.41) is 0.963. The second kappa shape index (κ2) is 3.68. The van der Waals surface area contributed by atoms with Gasteiger partial charge in [0.05, 0.1) is 7.11 Å². The fourth-order valence-corrected chi connectivity index (χ4v) is 2.57. The van der Waals surface area contributed by atoms with Crippen LogP contribution in [0.3, 0.4) is 0 Å². The first kappa shape index (κ1) is 9.03. The first-order valence-corrected chi connectivity index (χ1v) is 5.52. The zero-order valence-corrected chi connectivity index (χ0v) is 8.64. The Morgan fingerprint density at radius 1 is 1.54 bits per heavy atom.